The van der Waals surface area contributed by atoms with Crippen molar-refractivity contribution in [1.29, 1.82) is 0 Å². The SMILES string of the molecule is COc1ccc(-c2cc(CNC(=O)c3cc(=O)c4ccccc4o3)no2)cc1. The molecule has 0 radical (unpaired) electrons. The highest BCUT2D eigenvalue weighted by atomic mass is 16.5. The second-order valence-corrected chi connectivity index (χ2v) is 6.06. The smallest absolute Gasteiger partial charge is 0.287 e. The Kier molecular flexibility index (Phi) is 4.63. The number of carbonyl (C=O) groups excluding carboxylic acids is 1. The molecule has 28 heavy (non-hydrogen) atoms. The van der Waals surface area contributed by atoms with Gasteiger partial charge in [0.1, 0.15) is 17.0 Å². The summed E-state index contributed by atoms with van der Waals surface area (Å²) in [6.07, 6.45) is 0. The van der Waals surface area contributed by atoms with E-state index in [1.54, 1.807) is 37.4 Å². The van der Waals surface area contributed by atoms with E-state index in [9.17, 15) is 9.59 Å². The molecule has 1 N–H and O–H groups in total. The summed E-state index contributed by atoms with van der Waals surface area (Å²) >= 11 is 0. The molecule has 0 fully saturated rings. The van der Waals surface area contributed by atoms with Crippen LogP contribution >= 0.6 is 0 Å². The zero-order chi connectivity index (χ0) is 19.5. The van der Waals surface area contributed by atoms with E-state index in [1.165, 1.54) is 6.07 Å². The van der Waals surface area contributed by atoms with Crippen molar-refractivity contribution in [2.45, 2.75) is 6.54 Å². The number of para-hydroxylation sites is 1. The van der Waals surface area contributed by atoms with Gasteiger partial charge >= 0.3 is 0 Å². The third-order valence-corrected chi connectivity index (χ3v) is 4.22. The highest BCUT2D eigenvalue weighted by Gasteiger charge is 2.13. The molecule has 0 aliphatic rings. The first kappa shape index (κ1) is 17.5. The van der Waals surface area contributed by atoms with E-state index >= 15 is 0 Å². The average Bonchev–Trinajstić information content (AvgIpc) is 3.21. The summed E-state index contributed by atoms with van der Waals surface area (Å²) in [7, 11) is 1.60. The predicted octanol–water partition coefficient (Wildman–Crippen LogP) is 3.39. The van der Waals surface area contributed by atoms with Gasteiger partial charge < -0.3 is 19.0 Å². The van der Waals surface area contributed by atoms with Crippen LogP contribution in [0.15, 0.2) is 74.4 Å². The van der Waals surface area contributed by atoms with Gasteiger partial charge in [-0.05, 0) is 36.4 Å². The molecule has 0 unspecified atom stereocenters. The largest absolute Gasteiger partial charge is 0.497 e. The molecule has 0 aliphatic heterocycles. The highest BCUT2D eigenvalue weighted by Crippen LogP contribution is 2.23. The van der Waals surface area contributed by atoms with Crippen LogP contribution in [0.25, 0.3) is 22.3 Å². The minimum Gasteiger partial charge on any atom is -0.497 e. The van der Waals surface area contributed by atoms with Crippen molar-refractivity contribution in [1.82, 2.24) is 10.5 Å². The van der Waals surface area contributed by atoms with Crippen LogP contribution in [0.5, 0.6) is 5.75 Å². The van der Waals surface area contributed by atoms with Crippen LogP contribution < -0.4 is 15.5 Å². The fourth-order valence-electron chi connectivity index (χ4n) is 2.76. The Morgan fingerprint density at radius 1 is 1.11 bits per heavy atom. The molecule has 2 aromatic heterocycles. The number of carbonyl (C=O) groups is 1. The van der Waals surface area contributed by atoms with Crippen molar-refractivity contribution < 1.29 is 18.5 Å². The summed E-state index contributed by atoms with van der Waals surface area (Å²) in [5.74, 6) is 0.760. The number of amides is 1. The molecule has 2 aromatic carbocycles. The third kappa shape index (κ3) is 3.50. The molecule has 4 aromatic rings. The summed E-state index contributed by atoms with van der Waals surface area (Å²) in [5, 5.41) is 7.06. The van der Waals surface area contributed by atoms with E-state index in [-0.39, 0.29) is 17.7 Å². The lowest BCUT2D eigenvalue weighted by Gasteiger charge is -2.03. The van der Waals surface area contributed by atoms with Gasteiger partial charge in [-0.25, -0.2) is 0 Å². The molecule has 2 heterocycles. The number of ether oxygens (including phenoxy) is 1. The second-order valence-electron chi connectivity index (χ2n) is 6.06. The zero-order valence-electron chi connectivity index (χ0n) is 15.0. The number of hydrogen-bond acceptors (Lipinski definition) is 6. The fourth-order valence-corrected chi connectivity index (χ4v) is 2.76. The van der Waals surface area contributed by atoms with Gasteiger partial charge in [0.25, 0.3) is 5.91 Å². The molecule has 7 heteroatoms. The maximum absolute atomic E-state index is 12.3. The number of rotatable bonds is 5. The minimum absolute atomic E-state index is 0.0532. The molecule has 0 bridgehead atoms. The normalized spacial score (nSPS) is 10.8. The van der Waals surface area contributed by atoms with Crippen LogP contribution in [0.2, 0.25) is 0 Å². The van der Waals surface area contributed by atoms with Crippen molar-refractivity contribution in [3.63, 3.8) is 0 Å². The van der Waals surface area contributed by atoms with E-state index in [0.29, 0.717) is 22.4 Å². The first-order valence-corrected chi connectivity index (χ1v) is 8.55. The van der Waals surface area contributed by atoms with Crippen LogP contribution in [0.1, 0.15) is 16.2 Å². The van der Waals surface area contributed by atoms with E-state index in [1.807, 2.05) is 24.3 Å². The molecular formula is C21H16N2O5. The Morgan fingerprint density at radius 3 is 2.68 bits per heavy atom. The molecule has 4 rings (SSSR count). The average molecular weight is 376 g/mol. The first-order chi connectivity index (χ1) is 13.6. The van der Waals surface area contributed by atoms with Gasteiger partial charge in [0, 0.05) is 17.7 Å². The standard InChI is InChI=1S/C21H16N2O5/c1-26-15-8-6-13(7-9-15)19-10-14(23-28-19)12-22-21(25)20-11-17(24)16-4-2-3-5-18(16)27-20/h2-11H,12H2,1H3,(H,22,25). The van der Waals surface area contributed by atoms with Crippen molar-refractivity contribution >= 4 is 16.9 Å². The Bertz CT molecular complexity index is 1190. The van der Waals surface area contributed by atoms with E-state index in [0.717, 1.165) is 11.3 Å². The van der Waals surface area contributed by atoms with Gasteiger partial charge in [-0.1, -0.05) is 17.3 Å². The van der Waals surface area contributed by atoms with Gasteiger partial charge in [-0.3, -0.25) is 9.59 Å². The number of hydrogen-bond donors (Lipinski definition) is 1. The fraction of sp³-hybridized carbons (Fsp3) is 0.0952. The maximum Gasteiger partial charge on any atom is 0.287 e. The summed E-state index contributed by atoms with van der Waals surface area (Å²) in [6, 6.07) is 17.0. The van der Waals surface area contributed by atoms with Gasteiger partial charge in [-0.15, -0.1) is 0 Å². The van der Waals surface area contributed by atoms with Crippen LogP contribution in [0, 0.1) is 0 Å². The molecule has 0 spiro atoms. The number of methoxy groups -OCH3 is 1. The highest BCUT2D eigenvalue weighted by molar-refractivity contribution is 5.93. The zero-order valence-corrected chi connectivity index (χ0v) is 15.0. The molecule has 0 saturated carbocycles. The number of fused-ring (bicyclic) bond motifs is 1. The molecule has 0 atom stereocenters. The van der Waals surface area contributed by atoms with Gasteiger partial charge in [0.2, 0.25) is 0 Å². The summed E-state index contributed by atoms with van der Waals surface area (Å²) in [4.78, 5) is 24.5. The van der Waals surface area contributed by atoms with Crippen molar-refractivity contribution in [2.75, 3.05) is 7.11 Å². The number of aromatic nitrogens is 1. The monoisotopic (exact) mass is 376 g/mol. The lowest BCUT2D eigenvalue weighted by molar-refractivity contribution is 0.0923. The topological polar surface area (TPSA) is 94.6 Å². The summed E-state index contributed by atoms with van der Waals surface area (Å²) in [5.41, 5.74) is 1.48. The van der Waals surface area contributed by atoms with Crippen LogP contribution in [-0.2, 0) is 6.54 Å². The molecule has 140 valence electrons. The summed E-state index contributed by atoms with van der Waals surface area (Å²) in [6.45, 7) is 0.134. The van der Waals surface area contributed by atoms with Gasteiger partial charge in [0.05, 0.1) is 19.0 Å². The first-order valence-electron chi connectivity index (χ1n) is 8.55. The van der Waals surface area contributed by atoms with Crippen molar-refractivity contribution in [3.05, 3.63) is 82.3 Å². The minimum atomic E-state index is -0.503. The van der Waals surface area contributed by atoms with Gasteiger partial charge in [0.15, 0.2) is 16.9 Å². The summed E-state index contributed by atoms with van der Waals surface area (Å²) < 4.78 is 16.0. The maximum atomic E-state index is 12.3. The Labute approximate surface area is 159 Å². The van der Waals surface area contributed by atoms with Crippen LogP contribution in [0.4, 0.5) is 0 Å². The Balaban J connectivity index is 1.46. The molecule has 0 saturated heterocycles. The predicted molar refractivity (Wildman–Crippen MR) is 102 cm³/mol. The van der Waals surface area contributed by atoms with Gasteiger partial charge in [-0.2, -0.15) is 0 Å². The number of benzene rings is 2. The van der Waals surface area contributed by atoms with E-state index in [2.05, 4.69) is 10.5 Å². The lowest BCUT2D eigenvalue weighted by Crippen LogP contribution is -2.24. The molecule has 1 amide bonds. The van der Waals surface area contributed by atoms with Crippen molar-refractivity contribution in [2.24, 2.45) is 0 Å². The third-order valence-electron chi connectivity index (χ3n) is 4.22. The molecule has 0 aliphatic carbocycles. The van der Waals surface area contributed by atoms with E-state index < -0.39 is 5.91 Å². The van der Waals surface area contributed by atoms with Crippen LogP contribution in [-0.4, -0.2) is 18.2 Å². The van der Waals surface area contributed by atoms with Crippen molar-refractivity contribution in [3.8, 4) is 17.1 Å². The van der Waals surface area contributed by atoms with Crippen LogP contribution in [0.3, 0.4) is 0 Å². The number of nitrogens with zero attached hydrogens (tertiary/aromatic N) is 1. The molecule has 7 nitrogen and oxygen atoms in total. The Morgan fingerprint density at radius 2 is 1.89 bits per heavy atom. The van der Waals surface area contributed by atoms with E-state index in [4.69, 9.17) is 13.7 Å². The number of nitrogens with one attached hydrogen (secondary N) is 1. The molecular weight excluding hydrogens is 360 g/mol. The Hall–Kier alpha value is -3.87. The second kappa shape index (κ2) is 7.40. The lowest BCUT2D eigenvalue weighted by atomic mass is 10.1. The quantitative estimate of drug-likeness (QED) is 0.574.